The first-order valence-electron chi connectivity index (χ1n) is 6.55. The normalized spacial score (nSPS) is 32.1. The minimum absolute atomic E-state index is 0.336. The molecule has 1 saturated carbocycles. The van der Waals surface area contributed by atoms with Crippen molar-refractivity contribution in [1.29, 1.82) is 5.26 Å². The van der Waals surface area contributed by atoms with E-state index in [9.17, 15) is 5.26 Å². The van der Waals surface area contributed by atoms with E-state index in [1.165, 1.54) is 12.8 Å². The highest BCUT2D eigenvalue weighted by Gasteiger charge is 2.33. The van der Waals surface area contributed by atoms with Crippen molar-refractivity contribution in [3.63, 3.8) is 0 Å². The van der Waals surface area contributed by atoms with E-state index in [1.54, 1.807) is 0 Å². The van der Waals surface area contributed by atoms with Gasteiger partial charge >= 0.3 is 0 Å². The molecule has 2 fully saturated rings. The minimum atomic E-state index is -0.336. The van der Waals surface area contributed by atoms with Gasteiger partial charge in [0.05, 0.1) is 12.2 Å². The van der Waals surface area contributed by atoms with Crippen LogP contribution in [0.15, 0.2) is 0 Å². The first-order valence-corrected chi connectivity index (χ1v) is 7.60. The Labute approximate surface area is 108 Å². The number of thioether (sulfide) groups is 1. The molecule has 1 aliphatic heterocycles. The highest BCUT2D eigenvalue weighted by atomic mass is 32.2. The van der Waals surface area contributed by atoms with Crippen molar-refractivity contribution in [2.24, 2.45) is 0 Å². The van der Waals surface area contributed by atoms with Gasteiger partial charge in [-0.3, -0.25) is 5.32 Å². The molecule has 3 atom stereocenters. The van der Waals surface area contributed by atoms with E-state index in [1.807, 2.05) is 18.7 Å². The maximum Gasteiger partial charge on any atom is 0.104 e. The lowest BCUT2D eigenvalue weighted by molar-refractivity contribution is 0.127. The van der Waals surface area contributed by atoms with Crippen LogP contribution in [-0.4, -0.2) is 35.3 Å². The Balaban J connectivity index is 1.70. The van der Waals surface area contributed by atoms with E-state index < -0.39 is 0 Å². The Morgan fingerprint density at radius 1 is 1.47 bits per heavy atom. The van der Waals surface area contributed by atoms with E-state index in [0.29, 0.717) is 17.4 Å². The van der Waals surface area contributed by atoms with Crippen molar-refractivity contribution >= 4 is 11.8 Å². The van der Waals surface area contributed by atoms with E-state index in [2.05, 4.69) is 18.3 Å². The Morgan fingerprint density at radius 2 is 2.24 bits per heavy atom. The second-order valence-corrected chi connectivity index (χ2v) is 6.73. The first-order chi connectivity index (χ1) is 8.13. The molecule has 96 valence electrons. The topological polar surface area (TPSA) is 45.0 Å². The molecule has 1 N–H and O–H groups in total. The summed E-state index contributed by atoms with van der Waals surface area (Å²) in [7, 11) is 0. The Morgan fingerprint density at radius 3 is 2.76 bits per heavy atom. The third-order valence-electron chi connectivity index (χ3n) is 3.59. The average Bonchev–Trinajstić information content (AvgIpc) is 3.02. The summed E-state index contributed by atoms with van der Waals surface area (Å²) in [5.74, 6) is 1.04. The molecule has 1 aliphatic carbocycles. The van der Waals surface area contributed by atoms with Gasteiger partial charge in [0.15, 0.2) is 0 Å². The number of nitrogens with zero attached hydrogens (tertiary/aromatic N) is 1. The van der Waals surface area contributed by atoms with Gasteiger partial charge in [-0.05, 0) is 45.3 Å². The second kappa shape index (κ2) is 5.60. The maximum atomic E-state index is 9.26. The Hall–Kier alpha value is -0.240. The molecule has 2 rings (SSSR count). The fourth-order valence-electron chi connectivity index (χ4n) is 2.18. The number of nitriles is 1. The molecule has 1 saturated heterocycles. The zero-order valence-corrected chi connectivity index (χ0v) is 11.6. The van der Waals surface area contributed by atoms with Crippen molar-refractivity contribution < 1.29 is 4.74 Å². The number of hydrogen-bond donors (Lipinski definition) is 1. The molecule has 2 aliphatic rings. The molecule has 3 nitrogen and oxygen atoms in total. The fourth-order valence-corrected chi connectivity index (χ4v) is 3.63. The van der Waals surface area contributed by atoms with Gasteiger partial charge in [0.25, 0.3) is 0 Å². The average molecular weight is 254 g/mol. The van der Waals surface area contributed by atoms with Gasteiger partial charge in [-0.2, -0.15) is 17.0 Å². The smallest absolute Gasteiger partial charge is 0.104 e. The van der Waals surface area contributed by atoms with Gasteiger partial charge < -0.3 is 4.74 Å². The van der Waals surface area contributed by atoms with Crippen LogP contribution >= 0.6 is 11.8 Å². The second-order valence-electron chi connectivity index (χ2n) is 5.39. The third-order valence-corrected chi connectivity index (χ3v) is 5.07. The molecule has 0 radical (unpaired) electrons. The van der Waals surface area contributed by atoms with Crippen LogP contribution in [0.1, 0.15) is 39.5 Å². The zero-order valence-electron chi connectivity index (χ0n) is 10.7. The van der Waals surface area contributed by atoms with Gasteiger partial charge in [-0.1, -0.05) is 0 Å². The van der Waals surface area contributed by atoms with Crippen LogP contribution in [0.4, 0.5) is 0 Å². The van der Waals surface area contributed by atoms with Crippen molar-refractivity contribution in [3.8, 4) is 6.07 Å². The van der Waals surface area contributed by atoms with Gasteiger partial charge in [0.1, 0.15) is 5.54 Å². The lowest BCUT2D eigenvalue weighted by Gasteiger charge is -2.24. The first kappa shape index (κ1) is 13.2. The SMILES string of the molecule is CC1OCCC1SCCC(C)(C#N)NC1CC1. The highest BCUT2D eigenvalue weighted by Crippen LogP contribution is 2.29. The molecule has 17 heavy (non-hydrogen) atoms. The molecule has 0 spiro atoms. The van der Waals surface area contributed by atoms with Crippen LogP contribution < -0.4 is 5.32 Å². The largest absolute Gasteiger partial charge is 0.377 e. The Bertz CT molecular complexity index is 300. The van der Waals surface area contributed by atoms with Crippen molar-refractivity contribution in [3.05, 3.63) is 0 Å². The van der Waals surface area contributed by atoms with E-state index >= 15 is 0 Å². The van der Waals surface area contributed by atoms with Crippen LogP contribution in [0.25, 0.3) is 0 Å². The molecule has 3 unspecified atom stereocenters. The number of ether oxygens (including phenoxy) is 1. The van der Waals surface area contributed by atoms with E-state index in [0.717, 1.165) is 25.2 Å². The van der Waals surface area contributed by atoms with E-state index in [-0.39, 0.29) is 5.54 Å². The van der Waals surface area contributed by atoms with Crippen LogP contribution in [0, 0.1) is 11.3 Å². The fraction of sp³-hybridized carbons (Fsp3) is 0.923. The summed E-state index contributed by atoms with van der Waals surface area (Å²) in [5, 5.41) is 13.3. The molecule has 0 aromatic heterocycles. The minimum Gasteiger partial charge on any atom is -0.377 e. The highest BCUT2D eigenvalue weighted by molar-refractivity contribution is 7.99. The van der Waals surface area contributed by atoms with Crippen LogP contribution in [0.5, 0.6) is 0 Å². The van der Waals surface area contributed by atoms with Gasteiger partial charge in [0.2, 0.25) is 0 Å². The summed E-state index contributed by atoms with van der Waals surface area (Å²) in [5.41, 5.74) is -0.336. The molecule has 0 aromatic carbocycles. The Kier molecular flexibility index (Phi) is 4.35. The summed E-state index contributed by atoms with van der Waals surface area (Å²) >= 11 is 1.97. The number of nitrogens with one attached hydrogen (secondary N) is 1. The molecule has 1 heterocycles. The molecule has 4 heteroatoms. The monoisotopic (exact) mass is 254 g/mol. The quantitative estimate of drug-likeness (QED) is 0.790. The lowest BCUT2D eigenvalue weighted by Crippen LogP contribution is -2.43. The molecule has 0 bridgehead atoms. The summed E-state index contributed by atoms with van der Waals surface area (Å²) in [6.07, 6.45) is 4.93. The van der Waals surface area contributed by atoms with Gasteiger partial charge in [-0.25, -0.2) is 0 Å². The van der Waals surface area contributed by atoms with Gasteiger partial charge in [-0.15, -0.1) is 0 Å². The van der Waals surface area contributed by atoms with Crippen molar-refractivity contribution in [2.45, 2.75) is 62.5 Å². The van der Waals surface area contributed by atoms with Crippen LogP contribution in [-0.2, 0) is 4.74 Å². The molecular formula is C13H22N2OS. The summed E-state index contributed by atoms with van der Waals surface area (Å²) in [6.45, 7) is 5.08. The standard InChI is InChI=1S/C13H22N2OS/c1-10-12(5-7-16-10)17-8-6-13(2,9-14)15-11-3-4-11/h10-12,15H,3-8H2,1-2H3. The van der Waals surface area contributed by atoms with Crippen LogP contribution in [0.2, 0.25) is 0 Å². The molecule has 0 amide bonds. The zero-order chi connectivity index (χ0) is 12.3. The van der Waals surface area contributed by atoms with Gasteiger partial charge in [0, 0.05) is 17.9 Å². The summed E-state index contributed by atoms with van der Waals surface area (Å²) < 4.78 is 5.55. The predicted molar refractivity (Wildman–Crippen MR) is 71.1 cm³/mol. The summed E-state index contributed by atoms with van der Waals surface area (Å²) in [4.78, 5) is 0. The van der Waals surface area contributed by atoms with Crippen molar-refractivity contribution in [1.82, 2.24) is 5.32 Å². The predicted octanol–water partition coefficient (Wildman–Crippen LogP) is 2.32. The molecular weight excluding hydrogens is 232 g/mol. The van der Waals surface area contributed by atoms with Crippen molar-refractivity contribution in [2.75, 3.05) is 12.4 Å². The van der Waals surface area contributed by atoms with E-state index in [4.69, 9.17) is 4.74 Å². The maximum absolute atomic E-state index is 9.26. The number of rotatable bonds is 6. The lowest BCUT2D eigenvalue weighted by atomic mass is 10.0. The van der Waals surface area contributed by atoms with Crippen LogP contribution in [0.3, 0.4) is 0 Å². The summed E-state index contributed by atoms with van der Waals surface area (Å²) in [6, 6.07) is 3.03. The third kappa shape index (κ3) is 3.87. The number of hydrogen-bond acceptors (Lipinski definition) is 4. The molecule has 0 aromatic rings.